The van der Waals surface area contributed by atoms with Gasteiger partial charge in [0.1, 0.15) is 21.5 Å². The summed E-state index contributed by atoms with van der Waals surface area (Å²) in [4.78, 5) is 10.3. The van der Waals surface area contributed by atoms with Crippen LogP contribution in [-0.4, -0.2) is 20.2 Å². The summed E-state index contributed by atoms with van der Waals surface area (Å²) in [7, 11) is 0. The van der Waals surface area contributed by atoms with Crippen molar-refractivity contribution in [3.8, 4) is 54.9 Å². The maximum atomic E-state index is 12.3. The summed E-state index contributed by atoms with van der Waals surface area (Å²) in [6.45, 7) is 9.26. The number of phenols is 2. The minimum absolute atomic E-state index is 0.207. The normalized spacial score (nSPS) is 14.1. The van der Waals surface area contributed by atoms with Gasteiger partial charge in [-0.25, -0.2) is 9.97 Å². The van der Waals surface area contributed by atoms with Crippen LogP contribution in [0.3, 0.4) is 0 Å². The second kappa shape index (κ2) is 24.7. The molecule has 0 unspecified atom stereocenters. The maximum Gasteiger partial charge on any atom is 0.128 e. The molecule has 2 heterocycles. The van der Waals surface area contributed by atoms with Gasteiger partial charge in [-0.2, -0.15) is 0 Å². The van der Waals surface area contributed by atoms with Gasteiger partial charge in [-0.3, -0.25) is 0 Å². The zero-order valence-electron chi connectivity index (χ0n) is 44.5. The Labute approximate surface area is 441 Å². The molecule has 0 spiro atoms. The van der Waals surface area contributed by atoms with Crippen LogP contribution in [0.5, 0.6) is 11.5 Å². The third-order valence-electron chi connectivity index (χ3n) is 16.9. The highest BCUT2D eigenvalue weighted by molar-refractivity contribution is 7.22. The monoisotopic (exact) mass is 1000 g/mol. The number of unbranched alkanes of at least 4 members (excludes halogenated alkanes) is 20. The van der Waals surface area contributed by atoms with Crippen molar-refractivity contribution in [2.45, 2.75) is 218 Å². The Bertz CT molecular complexity index is 2590. The van der Waals surface area contributed by atoms with Gasteiger partial charge in [0.25, 0.3) is 0 Å². The Morgan fingerprint density at radius 2 is 0.625 bits per heavy atom. The van der Waals surface area contributed by atoms with Gasteiger partial charge < -0.3 is 10.2 Å². The minimum Gasteiger partial charge on any atom is -0.507 e. The van der Waals surface area contributed by atoms with Gasteiger partial charge in [0.2, 0.25) is 0 Å². The van der Waals surface area contributed by atoms with Crippen LogP contribution in [0.1, 0.15) is 230 Å². The molecule has 2 aromatic heterocycles. The number of para-hydroxylation sites is 2. The number of aromatic nitrogens is 2. The number of hydrogen-bond acceptors (Lipinski definition) is 6. The van der Waals surface area contributed by atoms with Crippen LogP contribution < -0.4 is 0 Å². The zero-order chi connectivity index (χ0) is 49.9. The molecule has 0 aliphatic heterocycles. The predicted octanol–water partition coefficient (Wildman–Crippen LogP) is 21.2. The number of rotatable bonds is 30. The van der Waals surface area contributed by atoms with E-state index in [-0.39, 0.29) is 10.8 Å². The second-order valence-electron chi connectivity index (χ2n) is 22.0. The Morgan fingerprint density at radius 1 is 0.347 bits per heavy atom. The van der Waals surface area contributed by atoms with Crippen molar-refractivity contribution in [1.82, 2.24) is 9.97 Å². The summed E-state index contributed by atoms with van der Waals surface area (Å²) in [6, 6.07) is 31.2. The van der Waals surface area contributed by atoms with Gasteiger partial charge >= 0.3 is 0 Å². The third kappa shape index (κ3) is 11.0. The number of nitrogens with zero attached hydrogens (tertiary/aromatic N) is 2. The summed E-state index contributed by atoms with van der Waals surface area (Å²) in [6.07, 6.45) is 34.6. The molecule has 5 aromatic carbocycles. The van der Waals surface area contributed by atoms with Crippen LogP contribution in [0.25, 0.3) is 63.8 Å². The van der Waals surface area contributed by atoms with Crippen LogP contribution in [-0.2, 0) is 10.8 Å². The topological polar surface area (TPSA) is 66.2 Å². The molecule has 72 heavy (non-hydrogen) atoms. The molecule has 2 aliphatic carbocycles. The van der Waals surface area contributed by atoms with Gasteiger partial charge in [0.05, 0.1) is 31.6 Å². The lowest BCUT2D eigenvalue weighted by Gasteiger charge is -2.35. The number of thiazole rings is 2. The van der Waals surface area contributed by atoms with Crippen molar-refractivity contribution in [3.63, 3.8) is 0 Å². The fourth-order valence-electron chi connectivity index (χ4n) is 13.0. The van der Waals surface area contributed by atoms with Crippen molar-refractivity contribution in [2.24, 2.45) is 0 Å². The molecule has 9 rings (SSSR count). The van der Waals surface area contributed by atoms with E-state index in [2.05, 4.69) is 113 Å². The first-order valence-corrected chi connectivity index (χ1v) is 30.7. The van der Waals surface area contributed by atoms with E-state index in [0.717, 1.165) is 67.3 Å². The standard InChI is InChI=1S/C66H84N2O2S2/c1-5-9-13-17-21-29-37-65(38-30-22-18-14-10-6-2)53-41-48-50-46-60(70)52(64-68-58-34-26-28-36-62(58)72-64)44-56(50)66(39-31-23-19-15-11-7-3,40-32-24-20-16-12-8-4)54(48)42-47(53)49-45-59(69)51(43-55(49)65)63-67-57-33-25-27-35-61(57)71-63/h25-28,33-36,41-46,69-70H,5-24,29-32,37-40H2,1-4H3. The first-order chi connectivity index (χ1) is 35.4. The van der Waals surface area contributed by atoms with Crippen LogP contribution in [0, 0.1) is 0 Å². The Morgan fingerprint density at radius 3 is 0.944 bits per heavy atom. The molecule has 382 valence electrons. The van der Waals surface area contributed by atoms with E-state index in [9.17, 15) is 10.2 Å². The largest absolute Gasteiger partial charge is 0.507 e. The summed E-state index contributed by atoms with van der Waals surface area (Å²) < 4.78 is 2.30. The van der Waals surface area contributed by atoms with Crippen molar-refractivity contribution in [3.05, 3.63) is 107 Å². The highest BCUT2D eigenvalue weighted by atomic mass is 32.1. The molecule has 4 nitrogen and oxygen atoms in total. The first-order valence-electron chi connectivity index (χ1n) is 29.0. The predicted molar refractivity (Wildman–Crippen MR) is 311 cm³/mol. The Kier molecular flexibility index (Phi) is 17.9. The average Bonchev–Trinajstić information content (AvgIpc) is 4.14. The van der Waals surface area contributed by atoms with E-state index in [1.54, 1.807) is 22.7 Å². The van der Waals surface area contributed by atoms with Gasteiger partial charge in [-0.05, 0) is 131 Å². The lowest BCUT2D eigenvalue weighted by Crippen LogP contribution is -2.27. The molecular formula is C66H84N2O2S2. The van der Waals surface area contributed by atoms with Crippen LogP contribution >= 0.6 is 22.7 Å². The first kappa shape index (κ1) is 52.3. The molecule has 2 aliphatic rings. The SMILES string of the molecule is CCCCCCCCC1(CCCCCCCC)c2cc(-c3nc4ccccc4s3)c(O)cc2-c2cc3c(cc21)-c1cc(O)c(-c2nc4ccccc4s2)cc1C3(CCCCCCCC)CCCCCCCC. The van der Waals surface area contributed by atoms with Crippen molar-refractivity contribution in [2.75, 3.05) is 0 Å². The van der Waals surface area contributed by atoms with E-state index in [4.69, 9.17) is 9.97 Å². The summed E-state index contributed by atoms with van der Waals surface area (Å²) in [5, 5.41) is 26.5. The van der Waals surface area contributed by atoms with E-state index >= 15 is 0 Å². The van der Waals surface area contributed by atoms with Gasteiger partial charge in [0.15, 0.2) is 0 Å². The quantitative estimate of drug-likeness (QED) is 0.0441. The van der Waals surface area contributed by atoms with Crippen LogP contribution in [0.4, 0.5) is 0 Å². The highest BCUT2D eigenvalue weighted by Gasteiger charge is 2.49. The minimum atomic E-state index is -0.207. The van der Waals surface area contributed by atoms with Gasteiger partial charge in [-0.1, -0.05) is 206 Å². The van der Waals surface area contributed by atoms with Crippen LogP contribution in [0.15, 0.2) is 84.9 Å². The lowest BCUT2D eigenvalue weighted by molar-refractivity contribution is 0.394. The summed E-state index contributed by atoms with van der Waals surface area (Å²) >= 11 is 3.38. The Hall–Kier alpha value is -4.52. The molecule has 0 saturated heterocycles. The molecule has 7 aromatic rings. The average molecular weight is 1000 g/mol. The molecule has 6 heteroatoms. The molecule has 0 saturated carbocycles. The van der Waals surface area contributed by atoms with Gasteiger partial charge in [-0.15, -0.1) is 22.7 Å². The Balaban J connectivity index is 1.24. The van der Waals surface area contributed by atoms with Crippen LogP contribution in [0.2, 0.25) is 0 Å². The fourth-order valence-corrected chi connectivity index (χ4v) is 15.0. The van der Waals surface area contributed by atoms with Crippen molar-refractivity contribution >= 4 is 43.1 Å². The molecule has 0 fully saturated rings. The maximum absolute atomic E-state index is 12.3. The smallest absolute Gasteiger partial charge is 0.128 e. The summed E-state index contributed by atoms with van der Waals surface area (Å²) in [5.41, 5.74) is 14.0. The van der Waals surface area contributed by atoms with E-state index in [1.807, 2.05) is 0 Å². The molecule has 2 N–H and O–H groups in total. The molecular weight excluding hydrogens is 917 g/mol. The summed E-state index contributed by atoms with van der Waals surface area (Å²) in [5.74, 6) is 0.654. The number of aromatic hydroxyl groups is 2. The number of phenolic OH excluding ortho intramolecular Hbond substituents is 2. The molecule has 0 bridgehead atoms. The van der Waals surface area contributed by atoms with E-state index in [0.29, 0.717) is 11.5 Å². The zero-order valence-corrected chi connectivity index (χ0v) is 46.1. The molecule has 0 radical (unpaired) electrons. The number of hydrogen-bond donors (Lipinski definition) is 2. The number of fused-ring (bicyclic) bond motifs is 8. The van der Waals surface area contributed by atoms with Crippen molar-refractivity contribution in [1.29, 1.82) is 0 Å². The molecule has 0 amide bonds. The fraction of sp³-hybridized carbons (Fsp3) is 0.515. The molecule has 0 atom stereocenters. The third-order valence-corrected chi connectivity index (χ3v) is 19.1. The highest BCUT2D eigenvalue weighted by Crippen LogP contribution is 2.63. The van der Waals surface area contributed by atoms with E-state index < -0.39 is 0 Å². The van der Waals surface area contributed by atoms with Gasteiger partial charge in [0, 0.05) is 10.8 Å². The van der Waals surface area contributed by atoms with Crippen molar-refractivity contribution < 1.29 is 10.2 Å². The lowest BCUT2D eigenvalue weighted by atomic mass is 9.68. The second-order valence-corrected chi connectivity index (χ2v) is 24.0. The number of benzene rings is 5. The van der Waals surface area contributed by atoms with E-state index in [1.165, 1.54) is 199 Å².